The van der Waals surface area contributed by atoms with Crippen LogP contribution in [0.1, 0.15) is 36.6 Å². The van der Waals surface area contributed by atoms with E-state index < -0.39 is 5.92 Å². The standard InChI is InChI=1S/C26H29N3O5/c1-32-21-12-16(13-22(33-2)25(21)34-3)29-14-15(11-23(29)30)26(31)28-20-10-6-8-18-17-7-4-5-9-19(17)27-24(18)20/h4-5,7,9,12-13,15,20,27H,6,8,10-11,14H2,1-3H3,(H,28,31)/t15-,20-/m0/s1. The van der Waals surface area contributed by atoms with Gasteiger partial charge in [-0.15, -0.1) is 0 Å². The fourth-order valence-electron chi connectivity index (χ4n) is 5.20. The van der Waals surface area contributed by atoms with Gasteiger partial charge in [0.15, 0.2) is 11.5 Å². The maximum Gasteiger partial charge on any atom is 0.227 e. The molecule has 2 atom stereocenters. The molecule has 5 rings (SSSR count). The molecule has 0 spiro atoms. The average Bonchev–Trinajstić information content (AvgIpc) is 3.44. The Morgan fingerprint density at radius 2 is 1.82 bits per heavy atom. The zero-order chi connectivity index (χ0) is 23.8. The molecule has 1 aliphatic heterocycles. The molecule has 3 aromatic rings. The molecule has 0 saturated carbocycles. The predicted octanol–water partition coefficient (Wildman–Crippen LogP) is 3.74. The Kier molecular flexibility index (Phi) is 5.81. The Bertz CT molecular complexity index is 1230. The number of nitrogens with one attached hydrogen (secondary N) is 2. The maximum absolute atomic E-state index is 13.2. The highest BCUT2D eigenvalue weighted by molar-refractivity contribution is 6.01. The van der Waals surface area contributed by atoms with E-state index in [-0.39, 0.29) is 24.3 Å². The van der Waals surface area contributed by atoms with Crippen LogP contribution in [0.25, 0.3) is 10.9 Å². The lowest BCUT2D eigenvalue weighted by molar-refractivity contribution is -0.127. The zero-order valence-electron chi connectivity index (χ0n) is 19.6. The van der Waals surface area contributed by atoms with E-state index in [9.17, 15) is 9.59 Å². The summed E-state index contributed by atoms with van der Waals surface area (Å²) in [7, 11) is 4.60. The number of rotatable bonds is 6. The first-order valence-corrected chi connectivity index (χ1v) is 11.5. The van der Waals surface area contributed by atoms with Crippen LogP contribution >= 0.6 is 0 Å². The molecule has 1 aliphatic carbocycles. The van der Waals surface area contributed by atoms with E-state index in [2.05, 4.69) is 22.4 Å². The molecule has 0 radical (unpaired) electrons. The number of hydrogen-bond acceptors (Lipinski definition) is 5. The van der Waals surface area contributed by atoms with Gasteiger partial charge in [-0.25, -0.2) is 0 Å². The van der Waals surface area contributed by atoms with Gasteiger partial charge >= 0.3 is 0 Å². The Balaban J connectivity index is 1.34. The van der Waals surface area contributed by atoms with Crippen molar-refractivity contribution in [2.75, 3.05) is 32.8 Å². The second-order valence-electron chi connectivity index (χ2n) is 8.81. The van der Waals surface area contributed by atoms with Crippen LogP contribution in [0.2, 0.25) is 0 Å². The van der Waals surface area contributed by atoms with Gasteiger partial charge in [0.25, 0.3) is 0 Å². The molecule has 34 heavy (non-hydrogen) atoms. The highest BCUT2D eigenvalue weighted by Crippen LogP contribution is 2.42. The second-order valence-corrected chi connectivity index (χ2v) is 8.81. The van der Waals surface area contributed by atoms with E-state index in [1.165, 1.54) is 32.3 Å². The smallest absolute Gasteiger partial charge is 0.227 e. The number of aromatic amines is 1. The van der Waals surface area contributed by atoms with Gasteiger partial charge in [0, 0.05) is 41.7 Å². The summed E-state index contributed by atoms with van der Waals surface area (Å²) in [5, 5.41) is 4.44. The number of aromatic nitrogens is 1. The molecule has 1 fully saturated rings. The van der Waals surface area contributed by atoms with Gasteiger partial charge in [0.05, 0.1) is 39.0 Å². The van der Waals surface area contributed by atoms with Crippen LogP contribution in [0.4, 0.5) is 5.69 Å². The van der Waals surface area contributed by atoms with Crippen LogP contribution in [0, 0.1) is 5.92 Å². The molecular weight excluding hydrogens is 434 g/mol. The number of amides is 2. The number of para-hydroxylation sites is 1. The first kappa shape index (κ1) is 22.1. The third kappa shape index (κ3) is 3.73. The van der Waals surface area contributed by atoms with E-state index in [0.29, 0.717) is 29.5 Å². The fourth-order valence-corrected chi connectivity index (χ4v) is 5.20. The molecule has 8 heteroatoms. The molecule has 0 unspecified atom stereocenters. The van der Waals surface area contributed by atoms with Gasteiger partial charge in [-0.1, -0.05) is 18.2 Å². The number of carbonyl (C=O) groups excluding carboxylic acids is 2. The molecule has 2 amide bonds. The Hall–Kier alpha value is -3.68. The number of carbonyl (C=O) groups is 2. The molecule has 8 nitrogen and oxygen atoms in total. The number of ether oxygens (including phenoxy) is 3. The van der Waals surface area contributed by atoms with Crippen LogP contribution in [0.15, 0.2) is 36.4 Å². The minimum absolute atomic E-state index is 0.0750. The molecule has 0 bridgehead atoms. The first-order valence-electron chi connectivity index (χ1n) is 11.5. The van der Waals surface area contributed by atoms with E-state index in [0.717, 1.165) is 30.5 Å². The van der Waals surface area contributed by atoms with Crippen LogP contribution in [0.3, 0.4) is 0 Å². The molecule has 1 aromatic heterocycles. The zero-order valence-corrected chi connectivity index (χ0v) is 19.6. The monoisotopic (exact) mass is 463 g/mol. The van der Waals surface area contributed by atoms with Crippen molar-refractivity contribution in [1.29, 1.82) is 0 Å². The lowest BCUT2D eigenvalue weighted by Crippen LogP contribution is -2.37. The normalized spacial score (nSPS) is 19.7. The van der Waals surface area contributed by atoms with Crippen molar-refractivity contribution in [2.24, 2.45) is 5.92 Å². The van der Waals surface area contributed by atoms with E-state index in [1.54, 1.807) is 17.0 Å². The van der Waals surface area contributed by atoms with E-state index >= 15 is 0 Å². The number of methoxy groups -OCH3 is 3. The van der Waals surface area contributed by atoms with Crippen molar-refractivity contribution < 1.29 is 23.8 Å². The number of benzene rings is 2. The first-order chi connectivity index (χ1) is 16.5. The van der Waals surface area contributed by atoms with Crippen LogP contribution in [0.5, 0.6) is 17.2 Å². The highest BCUT2D eigenvalue weighted by atomic mass is 16.5. The Labute approximate surface area is 198 Å². The number of nitrogens with zero attached hydrogens (tertiary/aromatic N) is 1. The van der Waals surface area contributed by atoms with Crippen molar-refractivity contribution in [2.45, 2.75) is 31.7 Å². The number of fused-ring (bicyclic) bond motifs is 3. The highest BCUT2D eigenvalue weighted by Gasteiger charge is 2.37. The summed E-state index contributed by atoms with van der Waals surface area (Å²) in [6, 6.07) is 11.6. The number of anilines is 1. The summed E-state index contributed by atoms with van der Waals surface area (Å²) in [5.74, 6) is 0.754. The summed E-state index contributed by atoms with van der Waals surface area (Å²) >= 11 is 0. The molecular formula is C26H29N3O5. The molecule has 2 aromatic carbocycles. The lowest BCUT2D eigenvalue weighted by atomic mass is 9.91. The van der Waals surface area contributed by atoms with Gasteiger partial charge in [-0.05, 0) is 30.9 Å². The summed E-state index contributed by atoms with van der Waals surface area (Å²) in [6.07, 6.45) is 3.06. The quantitative estimate of drug-likeness (QED) is 0.581. The average molecular weight is 464 g/mol. The summed E-state index contributed by atoms with van der Waals surface area (Å²) in [5.41, 5.74) is 4.09. The van der Waals surface area contributed by atoms with Crippen molar-refractivity contribution in [3.8, 4) is 17.2 Å². The van der Waals surface area contributed by atoms with Crippen LogP contribution < -0.4 is 24.4 Å². The van der Waals surface area contributed by atoms with Gasteiger partial charge in [-0.3, -0.25) is 9.59 Å². The van der Waals surface area contributed by atoms with Crippen molar-refractivity contribution >= 4 is 28.4 Å². The molecule has 2 heterocycles. The largest absolute Gasteiger partial charge is 0.493 e. The van der Waals surface area contributed by atoms with Gasteiger partial charge < -0.3 is 29.4 Å². The van der Waals surface area contributed by atoms with Crippen molar-refractivity contribution in [1.82, 2.24) is 10.3 Å². The number of hydrogen-bond donors (Lipinski definition) is 2. The van der Waals surface area contributed by atoms with Gasteiger partial charge in [0.1, 0.15) is 0 Å². The minimum atomic E-state index is -0.429. The Morgan fingerprint density at radius 1 is 1.09 bits per heavy atom. The third-order valence-corrected chi connectivity index (χ3v) is 6.89. The number of aryl methyl sites for hydroxylation is 1. The second kappa shape index (κ2) is 8.93. The van der Waals surface area contributed by atoms with E-state index in [4.69, 9.17) is 14.2 Å². The predicted molar refractivity (Wildman–Crippen MR) is 129 cm³/mol. The lowest BCUT2D eigenvalue weighted by Gasteiger charge is -2.25. The summed E-state index contributed by atoms with van der Waals surface area (Å²) < 4.78 is 16.2. The van der Waals surface area contributed by atoms with Gasteiger partial charge in [0.2, 0.25) is 17.6 Å². The third-order valence-electron chi connectivity index (χ3n) is 6.89. The maximum atomic E-state index is 13.2. The minimum Gasteiger partial charge on any atom is -0.493 e. The summed E-state index contributed by atoms with van der Waals surface area (Å²) in [6.45, 7) is 0.301. The Morgan fingerprint density at radius 3 is 2.53 bits per heavy atom. The van der Waals surface area contributed by atoms with Crippen LogP contribution in [-0.4, -0.2) is 44.7 Å². The molecule has 2 N–H and O–H groups in total. The van der Waals surface area contributed by atoms with Gasteiger partial charge in [-0.2, -0.15) is 0 Å². The fraction of sp³-hybridized carbons (Fsp3) is 0.385. The number of H-pyrrole nitrogens is 1. The van der Waals surface area contributed by atoms with E-state index in [1.807, 2.05) is 12.1 Å². The summed E-state index contributed by atoms with van der Waals surface area (Å²) in [4.78, 5) is 31.2. The molecule has 178 valence electrons. The molecule has 1 saturated heterocycles. The van der Waals surface area contributed by atoms with Crippen molar-refractivity contribution in [3.05, 3.63) is 47.7 Å². The topological polar surface area (TPSA) is 92.9 Å². The SMILES string of the molecule is COc1cc(N2C[C@@H](C(=O)N[C@H]3CCCc4c3[nH]c3ccccc43)CC2=O)cc(OC)c1OC. The molecule has 2 aliphatic rings. The van der Waals surface area contributed by atoms with Crippen molar-refractivity contribution in [3.63, 3.8) is 0 Å². The van der Waals surface area contributed by atoms with Crippen LogP contribution in [-0.2, 0) is 16.0 Å².